The van der Waals surface area contributed by atoms with Crippen LogP contribution in [-0.2, 0) is 19.1 Å². The van der Waals surface area contributed by atoms with E-state index in [9.17, 15) is 9.59 Å². The molecule has 17 heavy (non-hydrogen) atoms. The first kappa shape index (κ1) is 16.6. The highest BCUT2D eigenvalue weighted by atomic mass is 80.0. The van der Waals surface area contributed by atoms with E-state index in [-0.39, 0.29) is 18.1 Å². The van der Waals surface area contributed by atoms with Crippen LogP contribution in [0.3, 0.4) is 0 Å². The van der Waals surface area contributed by atoms with E-state index in [0.29, 0.717) is 0 Å². The molecule has 0 N–H and O–H groups in total. The van der Waals surface area contributed by atoms with Crippen LogP contribution in [-0.4, -0.2) is 20.7 Å². The average Bonchev–Trinajstić information content (AvgIpc) is 2.17. The largest absolute Gasteiger partial charge is 0.471 e. The number of carbonyl (C=O) groups is 2. The van der Waals surface area contributed by atoms with Crippen molar-refractivity contribution in [1.82, 2.24) is 0 Å². The van der Waals surface area contributed by atoms with Gasteiger partial charge in [-0.25, -0.2) is 9.64 Å². The van der Waals surface area contributed by atoms with Crippen LogP contribution in [0.1, 0.15) is 13.8 Å². The molecule has 5 nitrogen and oxygen atoms in total. The summed E-state index contributed by atoms with van der Waals surface area (Å²) in [6.07, 6.45) is 0. The fourth-order valence-corrected chi connectivity index (χ4v) is 0.956. The van der Waals surface area contributed by atoms with Crippen LogP contribution in [0, 0.1) is 6.57 Å². The van der Waals surface area contributed by atoms with E-state index in [1.165, 1.54) is 6.92 Å². The van der Waals surface area contributed by atoms with Gasteiger partial charge >= 0.3 is 17.6 Å². The van der Waals surface area contributed by atoms with Crippen LogP contribution in [0.5, 0.6) is 0 Å². The zero-order valence-corrected chi connectivity index (χ0v) is 13.7. The lowest BCUT2D eigenvalue weighted by molar-refractivity contribution is -0.139. The van der Waals surface area contributed by atoms with E-state index in [0.717, 1.165) is 0 Å². The van der Waals surface area contributed by atoms with E-state index in [2.05, 4.69) is 57.4 Å². The third-order valence-corrected chi connectivity index (χ3v) is 2.36. The van der Waals surface area contributed by atoms with Gasteiger partial charge in [0.25, 0.3) is 0 Å². The predicted octanol–water partition coefficient (Wildman–Crippen LogP) is 3.08. The lowest BCUT2D eigenvalue weighted by atomic mass is 10.4. The molecule has 0 aliphatic rings. The highest BCUT2D eigenvalue weighted by Gasteiger charge is 2.32. The Bertz CT molecular complexity index is 392. The third-order valence-electron chi connectivity index (χ3n) is 1.39. The van der Waals surface area contributed by atoms with Gasteiger partial charge in [-0.3, -0.25) is 4.79 Å². The summed E-state index contributed by atoms with van der Waals surface area (Å²) in [7, 11) is 0. The Morgan fingerprint density at radius 1 is 1.35 bits per heavy atom. The number of esters is 2. The molecule has 94 valence electrons. The second kappa shape index (κ2) is 7.13. The summed E-state index contributed by atoms with van der Waals surface area (Å²) in [6, 6.07) is 0. The summed E-state index contributed by atoms with van der Waals surface area (Å²) in [5.41, 5.74) is -0.364. The third kappa shape index (κ3) is 5.66. The molecule has 0 spiro atoms. The quantitative estimate of drug-likeness (QED) is 0.226. The molecule has 0 bridgehead atoms. The Morgan fingerprint density at radius 2 is 1.88 bits per heavy atom. The van der Waals surface area contributed by atoms with Gasteiger partial charge in [-0.15, -0.1) is 0 Å². The molecule has 0 amide bonds. The Hall–Kier alpha value is -0.390. The minimum atomic E-state index is -1.25. The highest BCUT2D eigenvalue weighted by molar-refractivity contribution is 9.40. The van der Waals surface area contributed by atoms with Gasteiger partial charge in [-0.2, -0.15) is 0 Å². The zero-order chi connectivity index (χ0) is 13.6. The number of hydrogen-bond acceptors (Lipinski definition) is 4. The molecule has 0 saturated carbocycles. The van der Waals surface area contributed by atoms with Crippen molar-refractivity contribution in [2.24, 2.45) is 0 Å². The number of rotatable bonds is 3. The SMILES string of the molecule is [C-]#[N+]/C(C(=O)OCC)=C(\C)OC(=O)C(Br)(Br)Br. The molecule has 0 atom stereocenters. The van der Waals surface area contributed by atoms with Gasteiger partial charge in [0.2, 0.25) is 2.14 Å². The summed E-state index contributed by atoms with van der Waals surface area (Å²) in [5.74, 6) is -1.69. The van der Waals surface area contributed by atoms with Gasteiger partial charge < -0.3 is 9.47 Å². The monoisotopic (exact) mass is 431 g/mol. The van der Waals surface area contributed by atoms with E-state index in [1.54, 1.807) is 6.92 Å². The van der Waals surface area contributed by atoms with Crippen LogP contribution in [0.2, 0.25) is 0 Å². The molecule has 0 aromatic rings. The Labute approximate surface area is 124 Å². The molecule has 8 heteroatoms. The van der Waals surface area contributed by atoms with Crippen LogP contribution in [0.25, 0.3) is 4.85 Å². The van der Waals surface area contributed by atoms with Crippen LogP contribution in [0.15, 0.2) is 11.5 Å². The van der Waals surface area contributed by atoms with Gasteiger partial charge in [0, 0.05) is 0 Å². The maximum atomic E-state index is 11.4. The fraction of sp³-hybridized carbons (Fsp3) is 0.444. The molecule has 0 aliphatic heterocycles. The molecule has 0 rings (SSSR count). The maximum Gasteiger partial charge on any atom is 0.348 e. The van der Waals surface area contributed by atoms with E-state index in [1.807, 2.05) is 0 Å². The first-order valence-electron chi connectivity index (χ1n) is 4.28. The van der Waals surface area contributed by atoms with Crippen molar-refractivity contribution in [3.05, 3.63) is 22.9 Å². The standard InChI is InChI=1S/C9H8Br3NO4/c1-4-16-7(14)6(13-3)5(2)17-8(15)9(10,11)12/h4H2,1-2H3/b6-5+. The summed E-state index contributed by atoms with van der Waals surface area (Å²) < 4.78 is 8.21. The lowest BCUT2D eigenvalue weighted by Gasteiger charge is -2.12. The smallest absolute Gasteiger partial charge is 0.348 e. The first-order valence-corrected chi connectivity index (χ1v) is 6.66. The van der Waals surface area contributed by atoms with Crippen molar-refractivity contribution in [1.29, 1.82) is 0 Å². The normalized spacial score (nSPS) is 12.2. The summed E-state index contributed by atoms with van der Waals surface area (Å²) in [6.45, 7) is 9.92. The minimum Gasteiger partial charge on any atom is -0.471 e. The Balaban J connectivity index is 4.97. The average molecular weight is 434 g/mol. The topological polar surface area (TPSA) is 57.0 Å². The summed E-state index contributed by atoms with van der Waals surface area (Å²) in [5, 5.41) is 0. The second-order valence-corrected chi connectivity index (χ2v) is 9.39. The number of allylic oxidation sites excluding steroid dienone is 1. The van der Waals surface area contributed by atoms with Gasteiger partial charge in [0.05, 0.1) is 13.2 Å². The van der Waals surface area contributed by atoms with Gasteiger partial charge in [-0.1, -0.05) is 0 Å². The van der Waals surface area contributed by atoms with Crippen molar-refractivity contribution in [3.8, 4) is 0 Å². The number of alkyl halides is 3. The van der Waals surface area contributed by atoms with Crippen molar-refractivity contribution in [2.75, 3.05) is 6.61 Å². The fourth-order valence-electron chi connectivity index (χ4n) is 0.713. The van der Waals surface area contributed by atoms with Crippen molar-refractivity contribution in [2.45, 2.75) is 16.0 Å². The van der Waals surface area contributed by atoms with Gasteiger partial charge in [0.15, 0.2) is 0 Å². The van der Waals surface area contributed by atoms with E-state index >= 15 is 0 Å². The Morgan fingerprint density at radius 3 is 2.24 bits per heavy atom. The number of nitrogens with zero attached hydrogens (tertiary/aromatic N) is 1. The number of ether oxygens (including phenoxy) is 2. The molecular weight excluding hydrogens is 426 g/mol. The molecule has 0 saturated heterocycles. The number of carbonyl (C=O) groups excluding carboxylic acids is 2. The molecule has 0 radical (unpaired) electrons. The van der Waals surface area contributed by atoms with Crippen molar-refractivity contribution in [3.63, 3.8) is 0 Å². The van der Waals surface area contributed by atoms with E-state index < -0.39 is 14.1 Å². The first-order chi connectivity index (χ1) is 7.73. The molecule has 0 aromatic heterocycles. The molecule has 0 heterocycles. The summed E-state index contributed by atoms with van der Waals surface area (Å²) in [4.78, 5) is 25.7. The molecule has 0 aromatic carbocycles. The minimum absolute atomic E-state index is 0.119. The number of hydrogen-bond donors (Lipinski definition) is 0. The summed E-state index contributed by atoms with van der Waals surface area (Å²) >= 11 is 8.86. The maximum absolute atomic E-state index is 11.4. The van der Waals surface area contributed by atoms with Crippen molar-refractivity contribution < 1.29 is 19.1 Å². The molecule has 0 unspecified atom stereocenters. The Kier molecular flexibility index (Phi) is 6.97. The zero-order valence-electron chi connectivity index (χ0n) is 8.92. The van der Waals surface area contributed by atoms with Crippen LogP contribution < -0.4 is 0 Å². The van der Waals surface area contributed by atoms with E-state index in [4.69, 9.17) is 11.3 Å². The number of halogens is 3. The van der Waals surface area contributed by atoms with Crippen LogP contribution >= 0.6 is 47.8 Å². The van der Waals surface area contributed by atoms with Crippen LogP contribution in [0.4, 0.5) is 0 Å². The van der Waals surface area contributed by atoms with Gasteiger partial charge in [-0.05, 0) is 61.6 Å². The highest BCUT2D eigenvalue weighted by Crippen LogP contribution is 2.35. The lowest BCUT2D eigenvalue weighted by Crippen LogP contribution is -2.20. The van der Waals surface area contributed by atoms with Crippen molar-refractivity contribution >= 4 is 59.7 Å². The molecule has 0 aliphatic carbocycles. The second-order valence-electron chi connectivity index (χ2n) is 2.62. The molecule has 0 fully saturated rings. The predicted molar refractivity (Wildman–Crippen MR) is 71.5 cm³/mol. The van der Waals surface area contributed by atoms with Gasteiger partial charge in [0.1, 0.15) is 5.76 Å². The molecular formula is C9H8Br3NO4.